The Bertz CT molecular complexity index is 1490. The number of ether oxygens (including phenoxy) is 1. The van der Waals surface area contributed by atoms with Gasteiger partial charge in [0, 0.05) is 43.0 Å². The van der Waals surface area contributed by atoms with Crippen molar-refractivity contribution >= 4 is 23.6 Å². The van der Waals surface area contributed by atoms with E-state index in [1.807, 2.05) is 45.0 Å². The molecule has 3 heterocycles. The maximum Gasteiger partial charge on any atom is 0.410 e. The zero-order valence-corrected chi connectivity index (χ0v) is 23.4. The fourth-order valence-electron chi connectivity index (χ4n) is 5.22. The summed E-state index contributed by atoms with van der Waals surface area (Å²) in [6, 6.07) is 15.3. The highest BCUT2D eigenvalue weighted by atomic mass is 19.1. The Morgan fingerprint density at radius 1 is 1.15 bits per heavy atom. The van der Waals surface area contributed by atoms with Crippen molar-refractivity contribution in [2.45, 2.75) is 64.1 Å². The molecule has 2 aliphatic rings. The van der Waals surface area contributed by atoms with E-state index in [1.165, 1.54) is 11.0 Å². The summed E-state index contributed by atoms with van der Waals surface area (Å²) in [7, 11) is 0. The molecular formula is C31H33FN6O3. The normalized spacial score (nSPS) is 17.1. The van der Waals surface area contributed by atoms with Gasteiger partial charge in [0.05, 0.1) is 18.2 Å². The van der Waals surface area contributed by atoms with Crippen molar-refractivity contribution in [2.75, 3.05) is 23.3 Å². The average molecular weight is 557 g/mol. The number of fused-ring (bicyclic) bond motifs is 1. The number of benzene rings is 2. The first-order valence-corrected chi connectivity index (χ1v) is 13.8. The lowest BCUT2D eigenvalue weighted by Gasteiger charge is -2.33. The van der Waals surface area contributed by atoms with Crippen LogP contribution in [0.15, 0.2) is 54.7 Å². The van der Waals surface area contributed by atoms with Crippen molar-refractivity contribution < 1.29 is 18.7 Å². The van der Waals surface area contributed by atoms with Gasteiger partial charge in [-0.3, -0.25) is 9.69 Å². The highest BCUT2D eigenvalue weighted by molar-refractivity contribution is 5.98. The summed E-state index contributed by atoms with van der Waals surface area (Å²) < 4.78 is 19.6. The number of nitrogens with zero attached hydrogens (tertiary/aromatic N) is 5. The number of amides is 2. The molecule has 0 spiro atoms. The number of nitriles is 1. The first-order chi connectivity index (χ1) is 19.6. The van der Waals surface area contributed by atoms with E-state index < -0.39 is 17.5 Å². The fourth-order valence-corrected chi connectivity index (χ4v) is 5.22. The minimum Gasteiger partial charge on any atom is -0.444 e. The van der Waals surface area contributed by atoms with E-state index in [9.17, 15) is 19.2 Å². The van der Waals surface area contributed by atoms with Crippen LogP contribution in [-0.4, -0.2) is 57.6 Å². The van der Waals surface area contributed by atoms with Gasteiger partial charge < -0.3 is 15.0 Å². The van der Waals surface area contributed by atoms with Crippen LogP contribution in [0.3, 0.4) is 0 Å². The minimum atomic E-state index is -0.659. The average Bonchev–Trinajstić information content (AvgIpc) is 3.32. The molecule has 3 aromatic rings. The second kappa shape index (κ2) is 11.5. The Kier molecular flexibility index (Phi) is 7.88. The van der Waals surface area contributed by atoms with Crippen LogP contribution in [0.2, 0.25) is 0 Å². The number of carbonyl (C=O) groups is 2. The number of aromatic nitrogens is 2. The van der Waals surface area contributed by atoms with Crippen molar-refractivity contribution in [3.05, 3.63) is 71.7 Å². The van der Waals surface area contributed by atoms with E-state index in [0.29, 0.717) is 42.4 Å². The number of hydrogen-bond donors (Lipinski definition) is 1. The van der Waals surface area contributed by atoms with E-state index >= 15 is 0 Å². The first kappa shape index (κ1) is 28.0. The third-order valence-corrected chi connectivity index (χ3v) is 7.21. The molecule has 9 nitrogen and oxygen atoms in total. The molecule has 0 aliphatic carbocycles. The van der Waals surface area contributed by atoms with Crippen LogP contribution in [0.5, 0.6) is 0 Å². The third-order valence-electron chi connectivity index (χ3n) is 7.21. The van der Waals surface area contributed by atoms with Gasteiger partial charge in [0.2, 0.25) is 11.9 Å². The molecule has 2 aromatic carbocycles. The molecule has 10 heteroatoms. The van der Waals surface area contributed by atoms with Crippen molar-refractivity contribution in [3.63, 3.8) is 0 Å². The second-order valence-electron chi connectivity index (χ2n) is 11.4. The summed E-state index contributed by atoms with van der Waals surface area (Å²) in [4.78, 5) is 37.8. The molecule has 1 fully saturated rings. The van der Waals surface area contributed by atoms with Gasteiger partial charge in [-0.15, -0.1) is 0 Å². The third kappa shape index (κ3) is 6.46. The predicted octanol–water partition coefficient (Wildman–Crippen LogP) is 5.12. The van der Waals surface area contributed by atoms with Crippen LogP contribution in [0.1, 0.15) is 44.7 Å². The van der Waals surface area contributed by atoms with Crippen molar-refractivity contribution in [2.24, 2.45) is 0 Å². The molecule has 212 valence electrons. The lowest BCUT2D eigenvalue weighted by Crippen LogP contribution is -2.44. The van der Waals surface area contributed by atoms with Crippen LogP contribution < -0.4 is 10.2 Å². The zero-order chi connectivity index (χ0) is 29.1. The van der Waals surface area contributed by atoms with E-state index in [1.54, 1.807) is 29.3 Å². The SMILES string of the molecule is CC(C)(C)OC(=O)N1CCC(Nc2nccc(-c3ccc4c(c3)CC(C#N)N4C(=O)Cc3ccccc3F)n2)CC1. The molecular weight excluding hydrogens is 523 g/mol. The monoisotopic (exact) mass is 556 g/mol. The Hall–Kier alpha value is -4.52. The maximum absolute atomic E-state index is 14.2. The molecule has 1 N–H and O–H groups in total. The molecule has 0 radical (unpaired) electrons. The zero-order valence-electron chi connectivity index (χ0n) is 23.4. The number of halogens is 1. The molecule has 1 unspecified atom stereocenters. The van der Waals surface area contributed by atoms with Gasteiger partial charge in [-0.05, 0) is 69.0 Å². The van der Waals surface area contributed by atoms with Crippen LogP contribution >= 0.6 is 0 Å². The summed E-state index contributed by atoms with van der Waals surface area (Å²) in [5, 5.41) is 13.2. The number of rotatable bonds is 5. The summed E-state index contributed by atoms with van der Waals surface area (Å²) in [5.41, 5.74) is 2.85. The van der Waals surface area contributed by atoms with E-state index in [4.69, 9.17) is 9.72 Å². The molecule has 0 bridgehead atoms. The summed E-state index contributed by atoms with van der Waals surface area (Å²) in [6.07, 6.45) is 3.15. The number of piperidine rings is 1. The molecule has 1 atom stereocenters. The highest BCUT2D eigenvalue weighted by Crippen LogP contribution is 2.36. The van der Waals surface area contributed by atoms with Gasteiger partial charge in [0.1, 0.15) is 17.5 Å². The Balaban J connectivity index is 1.26. The number of likely N-dealkylation sites (tertiary alicyclic amines) is 1. The molecule has 2 amide bonds. The summed E-state index contributed by atoms with van der Waals surface area (Å²) in [6.45, 7) is 6.75. The Morgan fingerprint density at radius 3 is 2.61 bits per heavy atom. The topological polar surface area (TPSA) is 111 Å². The van der Waals surface area contributed by atoms with Crippen LogP contribution in [0, 0.1) is 17.1 Å². The van der Waals surface area contributed by atoms with Crippen molar-refractivity contribution in [3.8, 4) is 17.3 Å². The van der Waals surface area contributed by atoms with Crippen LogP contribution in [-0.2, 0) is 22.4 Å². The van der Waals surface area contributed by atoms with Gasteiger partial charge in [-0.25, -0.2) is 19.2 Å². The van der Waals surface area contributed by atoms with E-state index in [2.05, 4.69) is 16.4 Å². The molecule has 0 saturated carbocycles. The lowest BCUT2D eigenvalue weighted by molar-refractivity contribution is -0.118. The van der Waals surface area contributed by atoms with E-state index in [0.717, 1.165) is 24.0 Å². The van der Waals surface area contributed by atoms with Gasteiger partial charge in [0.25, 0.3) is 0 Å². The largest absolute Gasteiger partial charge is 0.444 e. The number of carbonyl (C=O) groups excluding carboxylic acids is 2. The van der Waals surface area contributed by atoms with Crippen molar-refractivity contribution in [1.82, 2.24) is 14.9 Å². The van der Waals surface area contributed by atoms with Gasteiger partial charge >= 0.3 is 6.09 Å². The maximum atomic E-state index is 14.2. The van der Waals surface area contributed by atoms with Crippen LogP contribution in [0.4, 0.5) is 20.8 Å². The molecule has 41 heavy (non-hydrogen) atoms. The predicted molar refractivity (Wildman–Crippen MR) is 153 cm³/mol. The lowest BCUT2D eigenvalue weighted by atomic mass is 10.0. The number of hydrogen-bond acceptors (Lipinski definition) is 7. The summed E-state index contributed by atoms with van der Waals surface area (Å²) >= 11 is 0. The first-order valence-electron chi connectivity index (χ1n) is 13.8. The van der Waals surface area contributed by atoms with Gasteiger partial charge in [-0.2, -0.15) is 5.26 Å². The Labute approximate surface area is 239 Å². The number of anilines is 2. The quantitative estimate of drug-likeness (QED) is 0.464. The van der Waals surface area contributed by atoms with Crippen molar-refractivity contribution in [1.29, 1.82) is 5.26 Å². The standard InChI is InChI=1S/C31H33FN6O3/c1-31(2,3)41-30(40)37-14-11-23(12-15-37)35-29-34-13-10-26(36-29)21-8-9-27-22(16-21)17-24(19-33)38(27)28(39)18-20-6-4-5-7-25(20)32/h4-10,13,16,23-24H,11-12,14-15,17-18H2,1-3H3,(H,34,35,36). The molecule has 1 saturated heterocycles. The smallest absolute Gasteiger partial charge is 0.410 e. The second-order valence-corrected chi connectivity index (χ2v) is 11.4. The minimum absolute atomic E-state index is 0.120. The Morgan fingerprint density at radius 2 is 1.90 bits per heavy atom. The summed E-state index contributed by atoms with van der Waals surface area (Å²) in [5.74, 6) is -0.263. The van der Waals surface area contributed by atoms with Gasteiger partial charge in [0.15, 0.2) is 0 Å². The number of nitrogens with one attached hydrogen (secondary N) is 1. The van der Waals surface area contributed by atoms with Crippen LogP contribution in [0.25, 0.3) is 11.3 Å². The van der Waals surface area contributed by atoms with Gasteiger partial charge in [-0.1, -0.05) is 24.3 Å². The fraction of sp³-hybridized carbons (Fsp3) is 0.387. The highest BCUT2D eigenvalue weighted by Gasteiger charge is 2.34. The molecule has 1 aromatic heterocycles. The molecule has 2 aliphatic heterocycles. The van der Waals surface area contributed by atoms with E-state index in [-0.39, 0.29) is 24.5 Å². The molecule has 5 rings (SSSR count).